The van der Waals surface area contributed by atoms with Crippen molar-refractivity contribution in [2.45, 2.75) is 0 Å². The minimum atomic E-state index is -0.332. The second kappa shape index (κ2) is 5.76. The van der Waals surface area contributed by atoms with Crippen LogP contribution in [0.2, 0.25) is 0 Å². The summed E-state index contributed by atoms with van der Waals surface area (Å²) in [5, 5.41) is 3.37. The fraction of sp³-hybridized carbons (Fsp3) is 0.167. The number of furan rings is 1. The lowest BCUT2D eigenvalue weighted by atomic mass is 10.0. The molecule has 118 valence electrons. The van der Waals surface area contributed by atoms with E-state index < -0.39 is 0 Å². The standard InChI is InChI=1S/C18H17FN2O2/c1-20-18(22)16-14-9-8-13(21(2)3)10-15(14)23-17(16)11-4-6-12(19)7-5-11/h4-10H,1-3H3,(H,20,22). The van der Waals surface area contributed by atoms with Gasteiger partial charge >= 0.3 is 0 Å². The van der Waals surface area contributed by atoms with Crippen molar-refractivity contribution in [1.29, 1.82) is 0 Å². The zero-order valence-electron chi connectivity index (χ0n) is 13.2. The first-order valence-corrected chi connectivity index (χ1v) is 7.23. The van der Waals surface area contributed by atoms with E-state index in [2.05, 4.69) is 5.32 Å². The van der Waals surface area contributed by atoms with E-state index >= 15 is 0 Å². The summed E-state index contributed by atoms with van der Waals surface area (Å²) >= 11 is 0. The molecule has 0 saturated heterocycles. The zero-order valence-corrected chi connectivity index (χ0v) is 13.2. The van der Waals surface area contributed by atoms with Crippen LogP contribution in [0.5, 0.6) is 0 Å². The quantitative estimate of drug-likeness (QED) is 0.802. The molecule has 1 N–H and O–H groups in total. The van der Waals surface area contributed by atoms with Crippen LogP contribution in [-0.4, -0.2) is 27.1 Å². The molecule has 0 aliphatic carbocycles. The molecule has 23 heavy (non-hydrogen) atoms. The first-order chi connectivity index (χ1) is 11.0. The third-order valence-electron chi connectivity index (χ3n) is 3.75. The van der Waals surface area contributed by atoms with Crippen LogP contribution in [0, 0.1) is 5.82 Å². The average Bonchev–Trinajstić information content (AvgIpc) is 2.93. The van der Waals surface area contributed by atoms with Crippen molar-refractivity contribution in [2.24, 2.45) is 0 Å². The molecule has 4 nitrogen and oxygen atoms in total. The SMILES string of the molecule is CNC(=O)c1c(-c2ccc(F)cc2)oc2cc(N(C)C)ccc12. The molecule has 0 spiro atoms. The van der Waals surface area contributed by atoms with E-state index in [-0.39, 0.29) is 11.7 Å². The minimum absolute atomic E-state index is 0.235. The summed E-state index contributed by atoms with van der Waals surface area (Å²) in [5.41, 5.74) is 2.71. The minimum Gasteiger partial charge on any atom is -0.455 e. The van der Waals surface area contributed by atoms with Crippen LogP contribution in [0.25, 0.3) is 22.3 Å². The topological polar surface area (TPSA) is 45.5 Å². The first kappa shape index (κ1) is 15.1. The molecule has 1 heterocycles. The highest BCUT2D eigenvalue weighted by Gasteiger charge is 2.21. The predicted octanol–water partition coefficient (Wildman–Crippen LogP) is 3.66. The highest BCUT2D eigenvalue weighted by Crippen LogP contribution is 2.35. The Labute approximate surface area is 133 Å². The third kappa shape index (κ3) is 2.65. The Morgan fingerprint density at radius 3 is 2.43 bits per heavy atom. The summed E-state index contributed by atoms with van der Waals surface area (Å²) in [5.74, 6) is -0.128. The van der Waals surface area contributed by atoms with Gasteiger partial charge in [0.2, 0.25) is 0 Å². The molecule has 0 fully saturated rings. The van der Waals surface area contributed by atoms with E-state index in [4.69, 9.17) is 4.42 Å². The summed E-state index contributed by atoms with van der Waals surface area (Å²) in [6, 6.07) is 11.6. The second-order valence-electron chi connectivity index (χ2n) is 5.47. The second-order valence-corrected chi connectivity index (χ2v) is 5.47. The Bertz CT molecular complexity index is 867. The monoisotopic (exact) mass is 312 g/mol. The number of halogens is 1. The van der Waals surface area contributed by atoms with Crippen molar-refractivity contribution >= 4 is 22.6 Å². The average molecular weight is 312 g/mol. The van der Waals surface area contributed by atoms with Gasteiger partial charge in [-0.2, -0.15) is 0 Å². The molecule has 1 aromatic heterocycles. The zero-order chi connectivity index (χ0) is 16.6. The molecule has 0 radical (unpaired) electrons. The number of anilines is 1. The van der Waals surface area contributed by atoms with Crippen molar-refractivity contribution < 1.29 is 13.6 Å². The van der Waals surface area contributed by atoms with Crippen molar-refractivity contribution in [1.82, 2.24) is 5.32 Å². The molecule has 1 amide bonds. The Balaban J connectivity index is 2.26. The van der Waals surface area contributed by atoms with Crippen LogP contribution < -0.4 is 10.2 Å². The normalized spacial score (nSPS) is 10.8. The lowest BCUT2D eigenvalue weighted by molar-refractivity contribution is 0.0964. The van der Waals surface area contributed by atoms with Crippen molar-refractivity contribution in [2.75, 3.05) is 26.0 Å². The number of rotatable bonds is 3. The molecular formula is C18H17FN2O2. The largest absolute Gasteiger partial charge is 0.455 e. The van der Waals surface area contributed by atoms with Gasteiger partial charge in [-0.25, -0.2) is 4.39 Å². The first-order valence-electron chi connectivity index (χ1n) is 7.23. The smallest absolute Gasteiger partial charge is 0.255 e. The Morgan fingerprint density at radius 1 is 1.13 bits per heavy atom. The van der Waals surface area contributed by atoms with E-state index in [9.17, 15) is 9.18 Å². The van der Waals surface area contributed by atoms with E-state index in [1.807, 2.05) is 37.2 Å². The summed E-state index contributed by atoms with van der Waals surface area (Å²) in [4.78, 5) is 14.3. The molecule has 3 rings (SSSR count). The molecule has 5 heteroatoms. The summed E-state index contributed by atoms with van der Waals surface area (Å²) in [6.45, 7) is 0. The maximum absolute atomic E-state index is 13.2. The van der Waals surface area contributed by atoms with Crippen LogP contribution in [0.3, 0.4) is 0 Å². The van der Waals surface area contributed by atoms with Gasteiger partial charge < -0.3 is 14.6 Å². The molecule has 0 aliphatic rings. The lowest BCUT2D eigenvalue weighted by Gasteiger charge is -2.11. The number of nitrogens with one attached hydrogen (secondary N) is 1. The van der Waals surface area contributed by atoms with Crippen molar-refractivity contribution in [3.63, 3.8) is 0 Å². The van der Waals surface area contributed by atoms with Crippen molar-refractivity contribution in [3.8, 4) is 11.3 Å². The summed E-state index contributed by atoms with van der Waals surface area (Å²) < 4.78 is 19.1. The van der Waals surface area contributed by atoms with Gasteiger partial charge in [-0.3, -0.25) is 4.79 Å². The predicted molar refractivity (Wildman–Crippen MR) is 89.3 cm³/mol. The van der Waals surface area contributed by atoms with E-state index in [0.717, 1.165) is 11.1 Å². The lowest BCUT2D eigenvalue weighted by Crippen LogP contribution is -2.18. The maximum Gasteiger partial charge on any atom is 0.255 e. The fourth-order valence-electron chi connectivity index (χ4n) is 2.52. The van der Waals surface area contributed by atoms with Crippen LogP contribution in [0.15, 0.2) is 46.9 Å². The third-order valence-corrected chi connectivity index (χ3v) is 3.75. The van der Waals surface area contributed by atoms with E-state index in [0.29, 0.717) is 22.5 Å². The molecule has 0 unspecified atom stereocenters. The molecule has 0 aliphatic heterocycles. The van der Waals surface area contributed by atoms with Gasteiger partial charge in [0.25, 0.3) is 5.91 Å². The van der Waals surface area contributed by atoms with E-state index in [1.54, 1.807) is 19.2 Å². The van der Waals surface area contributed by atoms with Gasteiger partial charge in [0.05, 0.1) is 5.56 Å². The summed E-state index contributed by atoms with van der Waals surface area (Å²) in [7, 11) is 5.44. The number of amides is 1. The molecular weight excluding hydrogens is 295 g/mol. The highest BCUT2D eigenvalue weighted by molar-refractivity contribution is 6.11. The number of benzene rings is 2. The molecule has 3 aromatic rings. The van der Waals surface area contributed by atoms with Crippen molar-refractivity contribution in [3.05, 3.63) is 53.8 Å². The van der Waals surface area contributed by atoms with E-state index in [1.165, 1.54) is 12.1 Å². The molecule has 2 aromatic carbocycles. The van der Waals surface area contributed by atoms with Gasteiger partial charge in [-0.15, -0.1) is 0 Å². The maximum atomic E-state index is 13.2. The number of carbonyl (C=O) groups is 1. The molecule has 0 saturated carbocycles. The number of hydrogen-bond donors (Lipinski definition) is 1. The summed E-state index contributed by atoms with van der Waals surface area (Å²) in [6.07, 6.45) is 0. The number of hydrogen-bond acceptors (Lipinski definition) is 3. The number of nitrogens with zero attached hydrogens (tertiary/aromatic N) is 1. The van der Waals surface area contributed by atoms with Crippen LogP contribution in [-0.2, 0) is 0 Å². The van der Waals surface area contributed by atoms with Crippen LogP contribution >= 0.6 is 0 Å². The van der Waals surface area contributed by atoms with Gasteiger partial charge in [0.1, 0.15) is 17.2 Å². The Morgan fingerprint density at radius 2 is 1.83 bits per heavy atom. The Hall–Kier alpha value is -2.82. The Kier molecular flexibility index (Phi) is 3.78. The van der Waals surface area contributed by atoms with Gasteiger partial charge in [-0.1, -0.05) is 0 Å². The van der Waals surface area contributed by atoms with Gasteiger partial charge in [0.15, 0.2) is 0 Å². The van der Waals surface area contributed by atoms with Crippen LogP contribution in [0.1, 0.15) is 10.4 Å². The number of carbonyl (C=O) groups excluding carboxylic acids is 1. The van der Waals surface area contributed by atoms with Crippen LogP contribution in [0.4, 0.5) is 10.1 Å². The fourth-order valence-corrected chi connectivity index (χ4v) is 2.52. The van der Waals surface area contributed by atoms with Gasteiger partial charge in [-0.05, 0) is 36.4 Å². The molecule has 0 atom stereocenters. The number of fused-ring (bicyclic) bond motifs is 1. The highest BCUT2D eigenvalue weighted by atomic mass is 19.1. The molecule has 0 bridgehead atoms. The van der Waals surface area contributed by atoms with Gasteiger partial charge in [0, 0.05) is 43.8 Å².